The van der Waals surface area contributed by atoms with Gasteiger partial charge in [0, 0.05) is 60.3 Å². The van der Waals surface area contributed by atoms with Crippen molar-refractivity contribution in [3.8, 4) is 45.4 Å². The van der Waals surface area contributed by atoms with Gasteiger partial charge < -0.3 is 18.1 Å². The van der Waals surface area contributed by atoms with Crippen molar-refractivity contribution in [1.82, 2.24) is 13.7 Å². The van der Waals surface area contributed by atoms with E-state index in [0.29, 0.717) is 5.56 Å². The van der Waals surface area contributed by atoms with E-state index in [1.54, 1.807) is 0 Å². The van der Waals surface area contributed by atoms with Crippen LogP contribution in [0.25, 0.3) is 127 Å². The van der Waals surface area contributed by atoms with Gasteiger partial charge in [0.25, 0.3) is 0 Å². The van der Waals surface area contributed by atoms with Crippen molar-refractivity contribution >= 4 is 87.4 Å². The van der Waals surface area contributed by atoms with Gasteiger partial charge in [-0.1, -0.05) is 170 Å². The van der Waals surface area contributed by atoms with Crippen LogP contribution in [-0.2, 0) is 0 Å². The minimum Gasteiger partial charge on any atom is -0.456 e. The molecule has 4 heterocycles. The molecule has 0 atom stereocenters. The Morgan fingerprint density at radius 3 is 1.11 bits per heavy atom. The van der Waals surface area contributed by atoms with Gasteiger partial charge in [-0.15, -0.1) is 0 Å². The fourth-order valence-corrected chi connectivity index (χ4v) is 11.0. The number of fused-ring (bicyclic) bond motifs is 12. The molecule has 14 aromatic rings. The van der Waals surface area contributed by atoms with E-state index in [9.17, 15) is 5.26 Å². The Bertz CT molecular complexity index is 4060. The van der Waals surface area contributed by atoms with Crippen molar-refractivity contribution in [2.75, 3.05) is 0 Å². The Labute approximate surface area is 378 Å². The van der Waals surface area contributed by atoms with E-state index in [-0.39, 0.29) is 0 Å². The quantitative estimate of drug-likeness (QED) is 0.173. The van der Waals surface area contributed by atoms with E-state index in [2.05, 4.69) is 214 Å². The zero-order valence-corrected chi connectivity index (χ0v) is 35.5. The predicted octanol–water partition coefficient (Wildman–Crippen LogP) is 16.1. The van der Waals surface area contributed by atoms with Crippen LogP contribution in [0, 0.1) is 11.3 Å². The zero-order valence-electron chi connectivity index (χ0n) is 35.5. The lowest BCUT2D eigenvalue weighted by molar-refractivity contribution is 0.669. The number of benzene rings is 10. The van der Waals surface area contributed by atoms with Gasteiger partial charge in [0.05, 0.1) is 55.7 Å². The lowest BCUT2D eigenvalue weighted by atomic mass is 9.87. The van der Waals surface area contributed by atoms with E-state index >= 15 is 0 Å². The Kier molecular flexibility index (Phi) is 7.69. The molecule has 0 amide bonds. The molecule has 0 spiro atoms. The van der Waals surface area contributed by atoms with Crippen LogP contribution in [0.3, 0.4) is 0 Å². The maximum atomic E-state index is 12.1. The smallest absolute Gasteiger partial charge is 0.137 e. The van der Waals surface area contributed by atoms with Crippen molar-refractivity contribution in [3.05, 3.63) is 224 Å². The predicted molar refractivity (Wildman–Crippen MR) is 272 cm³/mol. The van der Waals surface area contributed by atoms with E-state index in [1.807, 2.05) is 24.3 Å². The topological polar surface area (TPSA) is 51.7 Å². The number of hydrogen-bond donors (Lipinski definition) is 0. The minimum absolute atomic E-state index is 0.588. The van der Waals surface area contributed by atoms with Crippen molar-refractivity contribution < 1.29 is 4.42 Å². The van der Waals surface area contributed by atoms with Gasteiger partial charge in [-0.2, -0.15) is 5.26 Å². The molecule has 0 N–H and O–H groups in total. The summed E-state index contributed by atoms with van der Waals surface area (Å²) in [7, 11) is 0. The van der Waals surface area contributed by atoms with Gasteiger partial charge in [-0.05, 0) is 53.6 Å². The molecule has 10 aromatic carbocycles. The van der Waals surface area contributed by atoms with Crippen LogP contribution in [-0.4, -0.2) is 13.7 Å². The molecular weight excluding hydrogens is 805 g/mol. The minimum atomic E-state index is 0.588. The molecule has 14 rings (SSSR count). The van der Waals surface area contributed by atoms with E-state index in [4.69, 9.17) is 4.42 Å². The summed E-state index contributed by atoms with van der Waals surface area (Å²) in [4.78, 5) is 0. The summed E-state index contributed by atoms with van der Waals surface area (Å²) in [5.41, 5.74) is 14.8. The molecule has 306 valence electrons. The highest BCUT2D eigenvalue weighted by atomic mass is 16.3. The Hall–Kier alpha value is -9.11. The maximum Gasteiger partial charge on any atom is 0.137 e. The first-order valence-corrected chi connectivity index (χ1v) is 22.3. The second kappa shape index (κ2) is 13.9. The molecule has 0 fully saturated rings. The zero-order chi connectivity index (χ0) is 43.5. The molecule has 0 aliphatic rings. The number of nitrogens with zero attached hydrogens (tertiary/aromatic N) is 4. The van der Waals surface area contributed by atoms with E-state index < -0.39 is 0 Å². The van der Waals surface area contributed by atoms with Crippen LogP contribution in [0.5, 0.6) is 0 Å². The molecule has 0 aliphatic heterocycles. The van der Waals surface area contributed by atoms with Crippen LogP contribution in [0.1, 0.15) is 5.56 Å². The molecule has 0 saturated heterocycles. The van der Waals surface area contributed by atoms with Gasteiger partial charge in [0.1, 0.15) is 17.2 Å². The highest BCUT2D eigenvalue weighted by Crippen LogP contribution is 2.52. The second-order valence-corrected chi connectivity index (χ2v) is 17.1. The third kappa shape index (κ3) is 4.98. The second-order valence-electron chi connectivity index (χ2n) is 17.1. The van der Waals surface area contributed by atoms with Gasteiger partial charge in [0.15, 0.2) is 0 Å². The molecule has 0 saturated carbocycles. The van der Waals surface area contributed by atoms with Crippen molar-refractivity contribution in [2.24, 2.45) is 0 Å². The molecular formula is C61H36N4O. The normalized spacial score (nSPS) is 11.9. The first-order chi connectivity index (χ1) is 32.8. The number of para-hydroxylation sites is 6. The Morgan fingerprint density at radius 2 is 0.667 bits per heavy atom. The summed E-state index contributed by atoms with van der Waals surface area (Å²) in [6, 6.07) is 80.2. The fraction of sp³-hybridized carbons (Fsp3) is 0. The maximum absolute atomic E-state index is 12.1. The van der Waals surface area contributed by atoms with Gasteiger partial charge in [0.2, 0.25) is 0 Å². The van der Waals surface area contributed by atoms with Crippen LogP contribution in [0.15, 0.2) is 223 Å². The lowest BCUT2D eigenvalue weighted by Crippen LogP contribution is -2.14. The Morgan fingerprint density at radius 1 is 0.303 bits per heavy atom. The van der Waals surface area contributed by atoms with Crippen molar-refractivity contribution in [3.63, 3.8) is 0 Å². The molecule has 0 bridgehead atoms. The van der Waals surface area contributed by atoms with Crippen molar-refractivity contribution in [1.29, 1.82) is 5.26 Å². The number of hydrogen-bond acceptors (Lipinski definition) is 2. The number of aromatic nitrogens is 3. The fourth-order valence-electron chi connectivity index (χ4n) is 11.0. The average molecular weight is 841 g/mol. The summed E-state index contributed by atoms with van der Waals surface area (Å²) in [5, 5.41) is 21.0. The number of rotatable bonds is 5. The third-order valence-corrected chi connectivity index (χ3v) is 13.7. The van der Waals surface area contributed by atoms with Crippen LogP contribution >= 0.6 is 0 Å². The molecule has 66 heavy (non-hydrogen) atoms. The summed E-state index contributed by atoms with van der Waals surface area (Å²) in [6.45, 7) is 0. The Balaban J connectivity index is 1.34. The standard InChI is InChI=1S/C61H36N4O/c62-37-48-57(38-19-3-1-4-20-38)59(63-49-29-13-7-23-40(49)41-24-8-14-30-50(41)63)61(65-53-33-17-11-27-44(53)46-35-47-45-28-12-18-34-55(45)66-56(47)36-54(46)65)60(58(48)39-21-5-2-6-22-39)64-51-31-15-9-25-42(51)43-26-10-16-32-52(43)64/h1-36H. The van der Waals surface area contributed by atoms with Crippen molar-refractivity contribution in [2.45, 2.75) is 0 Å². The van der Waals surface area contributed by atoms with Crippen LogP contribution in [0.2, 0.25) is 0 Å². The van der Waals surface area contributed by atoms with Crippen LogP contribution in [0.4, 0.5) is 0 Å². The van der Waals surface area contributed by atoms with E-state index in [0.717, 1.165) is 127 Å². The average Bonchev–Trinajstić information content (AvgIpc) is 4.11. The monoisotopic (exact) mass is 840 g/mol. The summed E-state index contributed by atoms with van der Waals surface area (Å²) in [6.07, 6.45) is 0. The van der Waals surface area contributed by atoms with Gasteiger partial charge >= 0.3 is 0 Å². The lowest BCUT2D eigenvalue weighted by Gasteiger charge is -2.29. The highest BCUT2D eigenvalue weighted by Gasteiger charge is 2.33. The molecule has 0 aliphatic carbocycles. The molecule has 0 radical (unpaired) electrons. The first-order valence-electron chi connectivity index (χ1n) is 22.3. The number of furan rings is 1. The highest BCUT2D eigenvalue weighted by molar-refractivity contribution is 6.20. The van der Waals surface area contributed by atoms with Gasteiger partial charge in [-0.25, -0.2) is 0 Å². The summed E-state index contributed by atoms with van der Waals surface area (Å²) in [5.74, 6) is 0. The molecule has 5 nitrogen and oxygen atoms in total. The molecule has 5 heteroatoms. The van der Waals surface area contributed by atoms with E-state index in [1.165, 1.54) is 0 Å². The largest absolute Gasteiger partial charge is 0.456 e. The summed E-state index contributed by atoms with van der Waals surface area (Å²) < 4.78 is 14.1. The van der Waals surface area contributed by atoms with Gasteiger partial charge in [-0.3, -0.25) is 0 Å². The molecule has 4 aromatic heterocycles. The third-order valence-electron chi connectivity index (χ3n) is 13.7. The number of nitriles is 1. The summed E-state index contributed by atoms with van der Waals surface area (Å²) >= 11 is 0. The first kappa shape index (κ1) is 36.4. The SMILES string of the molecule is N#Cc1c(-c2ccccc2)c(-n2c3ccccc3c3ccccc32)c(-n2c3ccccc3c3cc4c(cc32)oc2ccccc24)c(-n2c3ccccc3c3ccccc32)c1-c1ccccc1. The molecule has 0 unspecified atom stereocenters. The van der Waals surface area contributed by atoms with Crippen LogP contribution < -0.4 is 0 Å².